The molecule has 4 nitrogen and oxygen atoms in total. The molecule has 1 heterocycles. The third kappa shape index (κ3) is 5.42. The van der Waals surface area contributed by atoms with Crippen molar-refractivity contribution in [3.63, 3.8) is 0 Å². The summed E-state index contributed by atoms with van der Waals surface area (Å²) in [7, 11) is 0. The summed E-state index contributed by atoms with van der Waals surface area (Å²) in [5.74, 6) is 0.652. The Hall–Kier alpha value is -1.20. The average Bonchev–Trinajstić information content (AvgIpc) is 2.28. The number of nitrogens with one attached hydrogen (secondary N) is 1. The number of ether oxygens (including phenoxy) is 1. The predicted octanol–water partition coefficient (Wildman–Crippen LogP) is 2.59. The van der Waals surface area contributed by atoms with Crippen LogP contribution in [0.15, 0.2) is 24.4 Å². The van der Waals surface area contributed by atoms with Crippen LogP contribution in [0.25, 0.3) is 0 Å². The van der Waals surface area contributed by atoms with Gasteiger partial charge in [0.2, 0.25) is 0 Å². The van der Waals surface area contributed by atoms with E-state index in [1.54, 1.807) is 12.3 Å². The third-order valence-electron chi connectivity index (χ3n) is 2.52. The lowest BCUT2D eigenvalue weighted by atomic mass is 9.87. The monoisotopic (exact) mass is 268 g/mol. The van der Waals surface area contributed by atoms with E-state index in [1.807, 2.05) is 32.9 Å². The second-order valence-electron chi connectivity index (χ2n) is 5.15. The molecule has 0 amide bonds. The number of pyridine rings is 1. The maximum Gasteiger partial charge on any atom is 0.262 e. The Morgan fingerprint density at radius 1 is 1.50 bits per heavy atom. The fourth-order valence-electron chi connectivity index (χ4n) is 1.27. The Bertz CT molecular complexity index is 376. The average molecular weight is 268 g/mol. The van der Waals surface area contributed by atoms with Gasteiger partial charge in [-0.2, -0.15) is 0 Å². The van der Waals surface area contributed by atoms with Crippen LogP contribution in [0.4, 0.5) is 5.82 Å². The molecule has 0 aliphatic carbocycles. The summed E-state index contributed by atoms with van der Waals surface area (Å²) in [6.07, 6.45) is 1.82. The number of aliphatic hydroxyl groups excluding tert-OH is 1. The van der Waals surface area contributed by atoms with Gasteiger partial charge in [0.1, 0.15) is 5.82 Å². The SMILES string of the molecule is CC(C)(C)C(O)CCOC(=S)Nc1ccccn1. The lowest BCUT2D eigenvalue weighted by Gasteiger charge is -2.25. The van der Waals surface area contributed by atoms with Crippen molar-refractivity contribution in [3.8, 4) is 0 Å². The molecule has 0 saturated carbocycles. The largest absolute Gasteiger partial charge is 0.471 e. The van der Waals surface area contributed by atoms with Gasteiger partial charge in [-0.25, -0.2) is 4.98 Å². The smallest absolute Gasteiger partial charge is 0.262 e. The van der Waals surface area contributed by atoms with Crippen LogP contribution in [0.2, 0.25) is 0 Å². The first-order valence-electron chi connectivity index (χ1n) is 5.92. The molecule has 0 aliphatic rings. The molecule has 0 spiro atoms. The number of hydrogen-bond acceptors (Lipinski definition) is 4. The normalized spacial score (nSPS) is 12.9. The first kappa shape index (κ1) is 14.9. The highest BCUT2D eigenvalue weighted by molar-refractivity contribution is 7.80. The lowest BCUT2D eigenvalue weighted by molar-refractivity contribution is 0.0426. The number of aliphatic hydroxyl groups is 1. The van der Waals surface area contributed by atoms with E-state index in [0.717, 1.165) is 0 Å². The zero-order chi connectivity index (χ0) is 13.6. The highest BCUT2D eigenvalue weighted by atomic mass is 32.1. The van der Waals surface area contributed by atoms with Gasteiger partial charge in [-0.1, -0.05) is 26.8 Å². The van der Waals surface area contributed by atoms with Crippen molar-refractivity contribution in [2.75, 3.05) is 11.9 Å². The zero-order valence-corrected chi connectivity index (χ0v) is 11.8. The molecule has 1 unspecified atom stereocenters. The first-order chi connectivity index (χ1) is 8.39. The molecule has 0 fully saturated rings. The van der Waals surface area contributed by atoms with Crippen molar-refractivity contribution < 1.29 is 9.84 Å². The van der Waals surface area contributed by atoms with E-state index in [4.69, 9.17) is 17.0 Å². The Morgan fingerprint density at radius 2 is 2.22 bits per heavy atom. The number of aromatic nitrogens is 1. The fraction of sp³-hybridized carbons (Fsp3) is 0.538. The molecule has 1 aromatic rings. The summed E-state index contributed by atoms with van der Waals surface area (Å²) in [4.78, 5) is 4.07. The molecule has 0 bridgehead atoms. The van der Waals surface area contributed by atoms with E-state index in [-0.39, 0.29) is 10.6 Å². The van der Waals surface area contributed by atoms with Crippen LogP contribution < -0.4 is 5.32 Å². The van der Waals surface area contributed by atoms with Crippen molar-refractivity contribution in [1.29, 1.82) is 0 Å². The maximum atomic E-state index is 9.83. The number of thiocarbonyl (C=S) groups is 1. The quantitative estimate of drug-likeness (QED) is 0.822. The van der Waals surface area contributed by atoms with E-state index >= 15 is 0 Å². The van der Waals surface area contributed by atoms with E-state index in [0.29, 0.717) is 18.8 Å². The first-order valence-corrected chi connectivity index (χ1v) is 6.33. The summed E-state index contributed by atoms with van der Waals surface area (Å²) in [6, 6.07) is 5.50. The van der Waals surface area contributed by atoms with Crippen LogP contribution >= 0.6 is 12.2 Å². The summed E-state index contributed by atoms with van der Waals surface area (Å²) >= 11 is 5.03. The Morgan fingerprint density at radius 3 is 2.78 bits per heavy atom. The van der Waals surface area contributed by atoms with Crippen molar-refractivity contribution in [2.45, 2.75) is 33.3 Å². The molecule has 0 aliphatic heterocycles. The molecule has 2 N–H and O–H groups in total. The number of rotatable bonds is 4. The van der Waals surface area contributed by atoms with Gasteiger partial charge in [-0.05, 0) is 29.8 Å². The summed E-state index contributed by atoms with van der Waals surface area (Å²) in [5.41, 5.74) is -0.139. The fourth-order valence-corrected chi connectivity index (χ4v) is 1.46. The van der Waals surface area contributed by atoms with Crippen LogP contribution in [0.5, 0.6) is 0 Å². The standard InChI is InChI=1S/C13H20N2O2S/c1-13(2,3)10(16)7-9-17-12(18)15-11-6-4-5-8-14-11/h4-6,8,10,16H,7,9H2,1-3H3,(H,14,15,18). The van der Waals surface area contributed by atoms with Crippen molar-refractivity contribution in [2.24, 2.45) is 5.41 Å². The topological polar surface area (TPSA) is 54.4 Å². The molecular weight excluding hydrogens is 248 g/mol. The number of anilines is 1. The van der Waals surface area contributed by atoms with Crippen molar-refractivity contribution in [1.82, 2.24) is 4.98 Å². The van der Waals surface area contributed by atoms with E-state index in [2.05, 4.69) is 10.3 Å². The van der Waals surface area contributed by atoms with E-state index in [9.17, 15) is 5.11 Å². The Balaban J connectivity index is 2.26. The Labute approximate surface area is 113 Å². The zero-order valence-electron chi connectivity index (χ0n) is 11.0. The van der Waals surface area contributed by atoms with Crippen LogP contribution in [0, 0.1) is 5.41 Å². The molecule has 0 aromatic carbocycles. The molecule has 5 heteroatoms. The van der Waals surface area contributed by atoms with Crippen LogP contribution in [0.3, 0.4) is 0 Å². The molecule has 1 aromatic heterocycles. The highest BCUT2D eigenvalue weighted by Gasteiger charge is 2.21. The molecular formula is C13H20N2O2S. The summed E-state index contributed by atoms with van der Waals surface area (Å²) in [6.45, 7) is 6.35. The highest BCUT2D eigenvalue weighted by Crippen LogP contribution is 2.21. The van der Waals surface area contributed by atoms with Crippen LogP contribution in [0.1, 0.15) is 27.2 Å². The molecule has 18 heavy (non-hydrogen) atoms. The minimum atomic E-state index is -0.407. The molecule has 0 saturated heterocycles. The molecule has 1 rings (SSSR count). The minimum Gasteiger partial charge on any atom is -0.471 e. The van der Waals surface area contributed by atoms with Gasteiger partial charge in [0.05, 0.1) is 12.7 Å². The van der Waals surface area contributed by atoms with Gasteiger partial charge in [0.15, 0.2) is 0 Å². The molecule has 100 valence electrons. The van der Waals surface area contributed by atoms with Gasteiger partial charge in [-0.15, -0.1) is 0 Å². The number of nitrogens with zero attached hydrogens (tertiary/aromatic N) is 1. The van der Waals surface area contributed by atoms with Crippen LogP contribution in [-0.4, -0.2) is 28.0 Å². The van der Waals surface area contributed by atoms with Gasteiger partial charge in [0.25, 0.3) is 5.17 Å². The lowest BCUT2D eigenvalue weighted by Crippen LogP contribution is -2.28. The number of hydrogen-bond donors (Lipinski definition) is 2. The summed E-state index contributed by atoms with van der Waals surface area (Å²) in [5, 5.41) is 13.0. The van der Waals surface area contributed by atoms with E-state index < -0.39 is 6.10 Å². The third-order valence-corrected chi connectivity index (χ3v) is 2.74. The second-order valence-corrected chi connectivity index (χ2v) is 5.52. The van der Waals surface area contributed by atoms with E-state index in [1.165, 1.54) is 0 Å². The Kier molecular flexibility index (Phi) is 5.50. The maximum absolute atomic E-state index is 9.83. The van der Waals surface area contributed by atoms with Gasteiger partial charge in [-0.3, -0.25) is 0 Å². The molecule has 1 atom stereocenters. The minimum absolute atomic E-state index is 0.139. The van der Waals surface area contributed by atoms with Gasteiger partial charge < -0.3 is 15.2 Å². The van der Waals surface area contributed by atoms with Crippen LogP contribution in [-0.2, 0) is 4.74 Å². The van der Waals surface area contributed by atoms with Gasteiger partial charge in [0, 0.05) is 12.6 Å². The second kappa shape index (κ2) is 6.66. The predicted molar refractivity (Wildman–Crippen MR) is 76.5 cm³/mol. The van der Waals surface area contributed by atoms with Crippen molar-refractivity contribution in [3.05, 3.63) is 24.4 Å². The van der Waals surface area contributed by atoms with Crippen molar-refractivity contribution >= 4 is 23.2 Å². The van der Waals surface area contributed by atoms with Gasteiger partial charge >= 0.3 is 0 Å². The molecule has 0 radical (unpaired) electrons. The summed E-state index contributed by atoms with van der Waals surface area (Å²) < 4.78 is 5.33.